The first-order valence-corrected chi connectivity index (χ1v) is 11.0. The van der Waals surface area contributed by atoms with Crippen LogP contribution < -0.4 is 10.6 Å². The fraction of sp³-hybridized carbons (Fsp3) is 0.192. The monoisotopic (exact) mass is 476 g/mol. The minimum Gasteiger partial charge on any atom is -0.507 e. The van der Waals surface area contributed by atoms with Gasteiger partial charge in [-0.3, -0.25) is 4.79 Å². The number of fused-ring (bicyclic) bond motifs is 3. The third-order valence-electron chi connectivity index (χ3n) is 5.60. The zero-order valence-electron chi connectivity index (χ0n) is 18.7. The van der Waals surface area contributed by atoms with Crippen LogP contribution in [0.3, 0.4) is 0 Å². The SMILES string of the molecule is O=C(COCCNC(=O)OCC1c2ccccc2-c2ccccc21)Nc1ccc(O)c(C(=O)O)c1. The predicted octanol–water partition coefficient (Wildman–Crippen LogP) is 3.58. The maximum absolute atomic E-state index is 12.1. The maximum Gasteiger partial charge on any atom is 0.407 e. The topological polar surface area (TPSA) is 134 Å². The van der Waals surface area contributed by atoms with Gasteiger partial charge in [0.1, 0.15) is 24.5 Å². The molecular weight excluding hydrogens is 452 g/mol. The number of hydrogen-bond donors (Lipinski definition) is 4. The van der Waals surface area contributed by atoms with Gasteiger partial charge in [0.15, 0.2) is 0 Å². The van der Waals surface area contributed by atoms with Gasteiger partial charge in [-0.25, -0.2) is 9.59 Å². The number of carbonyl (C=O) groups excluding carboxylic acids is 2. The Morgan fingerprint density at radius 3 is 2.23 bits per heavy atom. The number of phenols is 1. The Balaban J connectivity index is 1.17. The minimum atomic E-state index is -1.31. The van der Waals surface area contributed by atoms with Gasteiger partial charge >= 0.3 is 12.1 Å². The first-order valence-electron chi connectivity index (χ1n) is 11.0. The molecule has 0 saturated carbocycles. The quantitative estimate of drug-likeness (QED) is 0.274. The third kappa shape index (κ3) is 5.59. The molecule has 9 heteroatoms. The van der Waals surface area contributed by atoms with Crippen molar-refractivity contribution in [2.45, 2.75) is 5.92 Å². The molecule has 0 unspecified atom stereocenters. The second kappa shape index (κ2) is 10.7. The van der Waals surface area contributed by atoms with Crippen LogP contribution in [0.2, 0.25) is 0 Å². The lowest BCUT2D eigenvalue weighted by atomic mass is 9.98. The number of rotatable bonds is 9. The minimum absolute atomic E-state index is 0.0327. The summed E-state index contributed by atoms with van der Waals surface area (Å²) in [4.78, 5) is 35.2. The number of ether oxygens (including phenoxy) is 2. The Labute approximate surface area is 201 Å². The van der Waals surface area contributed by atoms with Crippen molar-refractivity contribution in [3.05, 3.63) is 83.4 Å². The van der Waals surface area contributed by atoms with Crippen molar-refractivity contribution >= 4 is 23.7 Å². The predicted molar refractivity (Wildman–Crippen MR) is 128 cm³/mol. The van der Waals surface area contributed by atoms with Gasteiger partial charge in [0.05, 0.1) is 6.61 Å². The summed E-state index contributed by atoms with van der Waals surface area (Å²) in [6.45, 7) is 0.129. The molecule has 0 saturated heterocycles. The lowest BCUT2D eigenvalue weighted by Crippen LogP contribution is -2.30. The van der Waals surface area contributed by atoms with Crippen molar-refractivity contribution in [3.63, 3.8) is 0 Å². The maximum atomic E-state index is 12.1. The molecule has 0 fully saturated rings. The van der Waals surface area contributed by atoms with Gasteiger partial charge in [0.2, 0.25) is 5.91 Å². The van der Waals surface area contributed by atoms with Crippen molar-refractivity contribution in [3.8, 4) is 16.9 Å². The molecule has 0 aromatic heterocycles. The summed E-state index contributed by atoms with van der Waals surface area (Å²) in [5.74, 6) is -2.25. The highest BCUT2D eigenvalue weighted by Crippen LogP contribution is 2.44. The Bertz CT molecular complexity index is 1210. The summed E-state index contributed by atoms with van der Waals surface area (Å²) < 4.78 is 10.7. The van der Waals surface area contributed by atoms with E-state index in [0.29, 0.717) is 0 Å². The fourth-order valence-corrected chi connectivity index (χ4v) is 4.02. The molecule has 3 aromatic carbocycles. The lowest BCUT2D eigenvalue weighted by Gasteiger charge is -2.14. The van der Waals surface area contributed by atoms with Crippen LogP contribution in [0.15, 0.2) is 66.7 Å². The Morgan fingerprint density at radius 2 is 1.57 bits per heavy atom. The van der Waals surface area contributed by atoms with Gasteiger partial charge in [0.25, 0.3) is 0 Å². The van der Waals surface area contributed by atoms with E-state index in [1.54, 1.807) is 0 Å². The molecule has 0 aliphatic heterocycles. The van der Waals surface area contributed by atoms with E-state index in [1.807, 2.05) is 36.4 Å². The number of amides is 2. The molecule has 1 aliphatic carbocycles. The molecule has 0 heterocycles. The number of benzene rings is 3. The highest BCUT2D eigenvalue weighted by molar-refractivity contribution is 5.96. The second-order valence-corrected chi connectivity index (χ2v) is 7.89. The zero-order chi connectivity index (χ0) is 24.8. The van der Waals surface area contributed by atoms with Gasteiger partial charge in [-0.15, -0.1) is 0 Å². The number of nitrogens with one attached hydrogen (secondary N) is 2. The van der Waals surface area contributed by atoms with E-state index in [4.69, 9.17) is 14.6 Å². The molecule has 35 heavy (non-hydrogen) atoms. The van der Waals surface area contributed by atoms with Crippen LogP contribution in [0.5, 0.6) is 5.75 Å². The van der Waals surface area contributed by atoms with Crippen molar-refractivity contribution in [1.82, 2.24) is 5.32 Å². The van der Waals surface area contributed by atoms with Crippen molar-refractivity contribution in [2.24, 2.45) is 0 Å². The van der Waals surface area contributed by atoms with E-state index in [-0.39, 0.29) is 43.5 Å². The Morgan fingerprint density at radius 1 is 0.914 bits per heavy atom. The number of alkyl carbamates (subject to hydrolysis) is 1. The molecule has 0 spiro atoms. The molecule has 2 amide bonds. The van der Waals surface area contributed by atoms with Crippen LogP contribution in [0.25, 0.3) is 11.1 Å². The number of aromatic carboxylic acids is 1. The van der Waals surface area contributed by atoms with E-state index in [2.05, 4.69) is 22.8 Å². The second-order valence-electron chi connectivity index (χ2n) is 7.89. The van der Waals surface area contributed by atoms with Crippen LogP contribution >= 0.6 is 0 Å². The van der Waals surface area contributed by atoms with Crippen LogP contribution in [0.4, 0.5) is 10.5 Å². The van der Waals surface area contributed by atoms with Crippen molar-refractivity contribution in [2.75, 3.05) is 31.7 Å². The summed E-state index contributed by atoms with van der Waals surface area (Å²) in [6.07, 6.45) is -0.579. The van der Waals surface area contributed by atoms with E-state index in [0.717, 1.165) is 28.3 Å². The zero-order valence-corrected chi connectivity index (χ0v) is 18.7. The standard InChI is InChI=1S/C26H24N2O7/c29-23-10-9-16(13-21(23)25(31)32)28-24(30)15-34-12-11-27-26(33)35-14-22-19-7-3-1-5-17(19)18-6-2-4-8-20(18)22/h1-10,13,22,29H,11-12,14-15H2,(H,27,33)(H,28,30)(H,31,32). The highest BCUT2D eigenvalue weighted by atomic mass is 16.5. The summed E-state index contributed by atoms with van der Waals surface area (Å²) in [5.41, 5.74) is 4.44. The van der Waals surface area contributed by atoms with E-state index in [9.17, 15) is 19.5 Å². The molecule has 180 valence electrons. The van der Waals surface area contributed by atoms with E-state index >= 15 is 0 Å². The molecule has 3 aromatic rings. The van der Waals surface area contributed by atoms with Gasteiger partial charge in [0, 0.05) is 18.2 Å². The largest absolute Gasteiger partial charge is 0.507 e. The van der Waals surface area contributed by atoms with Crippen LogP contribution in [-0.2, 0) is 14.3 Å². The van der Waals surface area contributed by atoms with Crippen LogP contribution in [-0.4, -0.2) is 54.5 Å². The van der Waals surface area contributed by atoms with Crippen LogP contribution in [0, 0.1) is 0 Å². The lowest BCUT2D eigenvalue weighted by molar-refractivity contribution is -0.120. The van der Waals surface area contributed by atoms with Gasteiger partial charge in [-0.05, 0) is 40.5 Å². The molecule has 4 rings (SSSR count). The number of hydrogen-bond acceptors (Lipinski definition) is 6. The van der Waals surface area contributed by atoms with Crippen molar-refractivity contribution in [1.29, 1.82) is 0 Å². The van der Waals surface area contributed by atoms with E-state index in [1.165, 1.54) is 12.1 Å². The van der Waals surface area contributed by atoms with Gasteiger partial charge in [-0.2, -0.15) is 0 Å². The number of carboxylic acid groups (broad SMARTS) is 1. The fourth-order valence-electron chi connectivity index (χ4n) is 4.02. The number of carboxylic acids is 1. The van der Waals surface area contributed by atoms with Crippen LogP contribution in [0.1, 0.15) is 27.4 Å². The summed E-state index contributed by atoms with van der Waals surface area (Å²) in [5, 5.41) is 23.6. The van der Waals surface area contributed by atoms with Crippen molar-refractivity contribution < 1.29 is 34.1 Å². The molecule has 1 aliphatic rings. The van der Waals surface area contributed by atoms with Gasteiger partial charge in [-0.1, -0.05) is 48.5 Å². The molecule has 9 nitrogen and oxygen atoms in total. The molecule has 0 atom stereocenters. The molecular formula is C26H24N2O7. The number of anilines is 1. The summed E-state index contributed by atoms with van der Waals surface area (Å²) >= 11 is 0. The summed E-state index contributed by atoms with van der Waals surface area (Å²) in [7, 11) is 0. The van der Waals surface area contributed by atoms with Gasteiger partial charge < -0.3 is 30.3 Å². The normalized spacial score (nSPS) is 11.9. The molecule has 0 radical (unpaired) electrons. The Hall–Kier alpha value is -4.37. The Kier molecular flexibility index (Phi) is 7.27. The molecule has 4 N–H and O–H groups in total. The number of aromatic hydroxyl groups is 1. The van der Waals surface area contributed by atoms with E-state index < -0.39 is 23.7 Å². The smallest absolute Gasteiger partial charge is 0.407 e. The summed E-state index contributed by atoms with van der Waals surface area (Å²) in [6, 6.07) is 19.8. The first kappa shape index (κ1) is 23.8. The first-order chi connectivity index (χ1) is 16.9. The average Bonchev–Trinajstić information content (AvgIpc) is 3.17. The highest BCUT2D eigenvalue weighted by Gasteiger charge is 2.28. The molecule has 0 bridgehead atoms. The average molecular weight is 476 g/mol. The number of carbonyl (C=O) groups is 3. The third-order valence-corrected chi connectivity index (χ3v) is 5.60.